The minimum Gasteiger partial charge on any atom is -0.462 e. The summed E-state index contributed by atoms with van der Waals surface area (Å²) in [5, 5.41) is 0. The van der Waals surface area contributed by atoms with Crippen LogP contribution in [0, 0.1) is 13.8 Å². The number of aliphatic imine (C=N–C) groups is 1. The van der Waals surface area contributed by atoms with Crippen molar-refractivity contribution in [2.24, 2.45) is 4.99 Å². The van der Waals surface area contributed by atoms with Gasteiger partial charge in [0.2, 0.25) is 5.91 Å². The molecule has 4 rings (SSSR count). The van der Waals surface area contributed by atoms with Crippen LogP contribution in [0.2, 0.25) is 0 Å². The minimum atomic E-state index is -0.0182. The van der Waals surface area contributed by atoms with Gasteiger partial charge in [0.15, 0.2) is 0 Å². The van der Waals surface area contributed by atoms with Crippen LogP contribution in [0.25, 0.3) is 0 Å². The summed E-state index contributed by atoms with van der Waals surface area (Å²) in [7, 11) is 1.82. The third kappa shape index (κ3) is 6.41. The van der Waals surface area contributed by atoms with Gasteiger partial charge in [0.25, 0.3) is 0 Å². The van der Waals surface area contributed by atoms with Crippen molar-refractivity contribution >= 4 is 23.6 Å². The maximum atomic E-state index is 12.1. The van der Waals surface area contributed by atoms with Crippen LogP contribution in [0.5, 0.6) is 6.01 Å². The molecule has 0 bridgehead atoms. The first kappa shape index (κ1) is 28.5. The van der Waals surface area contributed by atoms with E-state index in [-0.39, 0.29) is 7.33 Å². The molecule has 0 radical (unpaired) electrons. The lowest BCUT2D eigenvalue weighted by atomic mass is 9.98. The molecule has 0 unspecified atom stereocenters. The number of benzene rings is 1. The third-order valence-corrected chi connectivity index (χ3v) is 7.83. The highest BCUT2D eigenvalue weighted by molar-refractivity contribution is 5.91. The highest BCUT2D eigenvalue weighted by atomic mass is 16.5. The molecule has 212 valence electrons. The van der Waals surface area contributed by atoms with E-state index in [0.717, 1.165) is 62.8 Å². The fourth-order valence-corrected chi connectivity index (χ4v) is 5.51. The summed E-state index contributed by atoms with van der Waals surface area (Å²) in [6.07, 6.45) is 4.19. The Bertz CT molecular complexity index is 1210. The highest BCUT2D eigenvalue weighted by Gasteiger charge is 2.29. The van der Waals surface area contributed by atoms with E-state index in [2.05, 4.69) is 66.1 Å². The second-order valence-corrected chi connectivity index (χ2v) is 10.2. The maximum Gasteiger partial charge on any atom is 0.318 e. The molecule has 1 aromatic carbocycles. The molecule has 39 heavy (non-hydrogen) atoms. The number of amides is 1. The van der Waals surface area contributed by atoms with Crippen LogP contribution in [0.1, 0.15) is 43.2 Å². The zero-order valence-corrected chi connectivity index (χ0v) is 24.2. The first-order valence-electron chi connectivity index (χ1n) is 14.1. The van der Waals surface area contributed by atoms with Gasteiger partial charge in [0.05, 0.1) is 12.2 Å². The monoisotopic (exact) mass is 535 g/mol. The summed E-state index contributed by atoms with van der Waals surface area (Å²) in [5.74, 6) is 0.926. The van der Waals surface area contributed by atoms with Gasteiger partial charge in [0, 0.05) is 70.8 Å². The third-order valence-electron chi connectivity index (χ3n) is 7.83. The van der Waals surface area contributed by atoms with Crippen LogP contribution < -0.4 is 14.5 Å². The van der Waals surface area contributed by atoms with Gasteiger partial charge in [-0.2, -0.15) is 9.97 Å². The van der Waals surface area contributed by atoms with E-state index in [4.69, 9.17) is 14.7 Å². The fourth-order valence-electron chi connectivity index (χ4n) is 5.51. The van der Waals surface area contributed by atoms with E-state index < -0.39 is 0 Å². The summed E-state index contributed by atoms with van der Waals surface area (Å²) in [4.78, 5) is 35.2. The number of rotatable bonds is 10. The molecule has 9 nitrogen and oxygen atoms in total. The molecule has 3 heterocycles. The van der Waals surface area contributed by atoms with E-state index in [1.165, 1.54) is 28.5 Å². The van der Waals surface area contributed by atoms with Crippen molar-refractivity contribution < 1.29 is 11.0 Å². The Morgan fingerprint density at radius 1 is 1.10 bits per heavy atom. The predicted molar refractivity (Wildman–Crippen MR) is 161 cm³/mol. The lowest BCUT2D eigenvalue weighted by molar-refractivity contribution is -0.126. The van der Waals surface area contributed by atoms with Crippen LogP contribution in [-0.4, -0.2) is 97.9 Å². The number of aryl methyl sites for hydroxylation is 2. The molecule has 0 N–H and O–H groups in total. The maximum absolute atomic E-state index is 12.1. The number of anilines is 2. The first-order valence-corrected chi connectivity index (χ1v) is 14.1. The molecule has 2 aromatic rings. The standard InChI is InChI=1S/C30H43N7O2.H2/c1-7-27(38)35-14-16-36(17-15-35)29-24-12-13-37(28-23(5)11-10-22(4)25(28)20-31-6)21-26(24)32-30(33-29)39-19-18-34(8-2)9-3;/h7,10-11,20H,1,8-9,12-19,21H2,2-6H3;1H. The van der Waals surface area contributed by atoms with Gasteiger partial charge < -0.3 is 24.3 Å². The van der Waals surface area contributed by atoms with Crippen molar-refractivity contribution in [2.75, 3.05) is 75.8 Å². The molecule has 2 aliphatic heterocycles. The van der Waals surface area contributed by atoms with Crippen LogP contribution in [-0.2, 0) is 17.8 Å². The fraction of sp³-hybridized carbons (Fsp3) is 0.533. The Balaban J connectivity index is 0.00000441. The van der Waals surface area contributed by atoms with E-state index in [1.54, 1.807) is 0 Å². The van der Waals surface area contributed by atoms with Gasteiger partial charge in [-0.15, -0.1) is 0 Å². The zero-order valence-electron chi connectivity index (χ0n) is 24.2. The number of likely N-dealkylation sites (N-methyl/N-ethyl adjacent to an activating group) is 1. The second kappa shape index (κ2) is 13.1. The molecule has 0 atom stereocenters. The first-order chi connectivity index (χ1) is 18.9. The molecular formula is C30H45N7O2. The van der Waals surface area contributed by atoms with Crippen molar-refractivity contribution in [3.63, 3.8) is 0 Å². The molecule has 2 aliphatic rings. The average molecular weight is 536 g/mol. The Labute approximate surface area is 234 Å². The topological polar surface area (TPSA) is 77.4 Å². The van der Waals surface area contributed by atoms with E-state index >= 15 is 0 Å². The van der Waals surface area contributed by atoms with Crippen LogP contribution in [0.3, 0.4) is 0 Å². The molecule has 9 heteroatoms. The van der Waals surface area contributed by atoms with Gasteiger partial charge in [-0.05, 0) is 50.6 Å². The predicted octanol–water partition coefficient (Wildman–Crippen LogP) is 3.51. The van der Waals surface area contributed by atoms with Crippen molar-refractivity contribution in [2.45, 2.75) is 40.7 Å². The van der Waals surface area contributed by atoms with E-state index in [9.17, 15) is 4.79 Å². The number of hydrogen-bond donors (Lipinski definition) is 0. The number of nitrogens with zero attached hydrogens (tertiary/aromatic N) is 7. The summed E-state index contributed by atoms with van der Waals surface area (Å²) in [6, 6.07) is 4.77. The summed E-state index contributed by atoms with van der Waals surface area (Å²) < 4.78 is 6.15. The molecule has 1 saturated heterocycles. The van der Waals surface area contributed by atoms with E-state index in [0.29, 0.717) is 32.3 Å². The van der Waals surface area contributed by atoms with E-state index in [1.807, 2.05) is 18.2 Å². The summed E-state index contributed by atoms with van der Waals surface area (Å²) in [6.45, 7) is 19.9. The Morgan fingerprint density at radius 3 is 2.49 bits per heavy atom. The van der Waals surface area contributed by atoms with Gasteiger partial charge in [-0.3, -0.25) is 9.79 Å². The SMILES string of the molecule is C=CC(=O)N1CCN(c2nc(OCCN(CC)CC)nc3c2CCN(c2c(C)ccc(C)c2C=NC)C3)CC1.[HH]. The number of aromatic nitrogens is 2. The van der Waals surface area contributed by atoms with Crippen LogP contribution in [0.15, 0.2) is 29.8 Å². The quantitative estimate of drug-likeness (QED) is 0.340. The number of ether oxygens (including phenoxy) is 1. The van der Waals surface area contributed by atoms with Crippen LogP contribution in [0.4, 0.5) is 11.5 Å². The lowest BCUT2D eigenvalue weighted by Gasteiger charge is -2.38. The molecule has 1 amide bonds. The molecule has 1 aromatic heterocycles. The molecule has 0 aliphatic carbocycles. The lowest BCUT2D eigenvalue weighted by Crippen LogP contribution is -2.49. The molecule has 0 saturated carbocycles. The smallest absolute Gasteiger partial charge is 0.318 e. The van der Waals surface area contributed by atoms with Gasteiger partial charge >= 0.3 is 6.01 Å². The Kier molecular flexibility index (Phi) is 9.56. The van der Waals surface area contributed by atoms with Gasteiger partial charge in [0.1, 0.15) is 12.4 Å². The van der Waals surface area contributed by atoms with Crippen molar-refractivity contribution in [1.82, 2.24) is 19.8 Å². The number of carbonyl (C=O) groups is 1. The molecule has 0 spiro atoms. The molecule has 1 fully saturated rings. The second-order valence-electron chi connectivity index (χ2n) is 10.2. The number of piperazine rings is 1. The van der Waals surface area contributed by atoms with Crippen molar-refractivity contribution in [3.8, 4) is 6.01 Å². The Hall–Kier alpha value is -3.46. The minimum absolute atomic E-state index is 0. The zero-order chi connectivity index (χ0) is 27.9. The summed E-state index contributed by atoms with van der Waals surface area (Å²) in [5.41, 5.74) is 7.01. The van der Waals surface area contributed by atoms with Crippen molar-refractivity contribution in [1.29, 1.82) is 0 Å². The van der Waals surface area contributed by atoms with Crippen molar-refractivity contribution in [3.05, 3.63) is 52.7 Å². The van der Waals surface area contributed by atoms with Crippen LogP contribution >= 0.6 is 0 Å². The number of fused-ring (bicyclic) bond motifs is 1. The summed E-state index contributed by atoms with van der Waals surface area (Å²) >= 11 is 0. The largest absolute Gasteiger partial charge is 0.462 e. The molecular weight excluding hydrogens is 490 g/mol. The Morgan fingerprint density at radius 2 is 1.82 bits per heavy atom. The average Bonchev–Trinajstić information content (AvgIpc) is 2.96. The number of carbonyl (C=O) groups excluding carboxylic acids is 1. The highest BCUT2D eigenvalue weighted by Crippen LogP contribution is 2.34. The van der Waals surface area contributed by atoms with Gasteiger partial charge in [-0.1, -0.05) is 32.6 Å². The van der Waals surface area contributed by atoms with Gasteiger partial charge in [-0.25, -0.2) is 0 Å². The number of hydrogen-bond acceptors (Lipinski definition) is 8. The normalized spacial score (nSPS) is 15.7.